The summed E-state index contributed by atoms with van der Waals surface area (Å²) in [5.74, 6) is -1.74. The van der Waals surface area contributed by atoms with E-state index in [4.69, 9.17) is 0 Å². The number of nitrogens with zero attached hydrogens (tertiary/aromatic N) is 1. The van der Waals surface area contributed by atoms with E-state index < -0.39 is 23.6 Å². The lowest BCUT2D eigenvalue weighted by molar-refractivity contribution is -0.137. The molecule has 3 aromatic rings. The van der Waals surface area contributed by atoms with Gasteiger partial charge in [0.25, 0.3) is 5.91 Å². The first-order chi connectivity index (χ1) is 14.1. The standard InChI is InChI=1S/C22H19F3N2O3/c1-13(2)27-12-11-18(19(27)21(29)30)26-20(28)17-6-4-3-5-16(17)14-7-9-15(10-8-14)22(23,24)25/h3-13H,1-2H3,(H,26,28)(H,29,30). The van der Waals surface area contributed by atoms with Gasteiger partial charge in [-0.3, -0.25) is 4.79 Å². The first-order valence-electron chi connectivity index (χ1n) is 9.11. The van der Waals surface area contributed by atoms with Gasteiger partial charge in [-0.2, -0.15) is 13.2 Å². The first kappa shape index (κ1) is 21.2. The Labute approximate surface area is 170 Å². The number of halogens is 3. The minimum atomic E-state index is -4.45. The fourth-order valence-corrected chi connectivity index (χ4v) is 3.17. The molecule has 1 amide bonds. The molecule has 0 aliphatic rings. The van der Waals surface area contributed by atoms with Crippen LogP contribution in [0.1, 0.15) is 46.3 Å². The van der Waals surface area contributed by atoms with Crippen LogP contribution in [0.25, 0.3) is 11.1 Å². The Morgan fingerprint density at radius 3 is 2.20 bits per heavy atom. The number of benzene rings is 2. The van der Waals surface area contributed by atoms with E-state index in [1.807, 2.05) is 13.8 Å². The molecule has 0 saturated carbocycles. The number of carboxylic acids is 1. The lowest BCUT2D eigenvalue weighted by atomic mass is 9.98. The third kappa shape index (κ3) is 4.22. The Kier molecular flexibility index (Phi) is 5.69. The first-order valence-corrected chi connectivity index (χ1v) is 9.11. The van der Waals surface area contributed by atoms with Gasteiger partial charge < -0.3 is 15.0 Å². The zero-order chi connectivity index (χ0) is 22.1. The highest BCUT2D eigenvalue weighted by Gasteiger charge is 2.30. The molecule has 0 unspecified atom stereocenters. The van der Waals surface area contributed by atoms with Crippen molar-refractivity contribution in [3.8, 4) is 11.1 Å². The highest BCUT2D eigenvalue weighted by atomic mass is 19.4. The van der Waals surface area contributed by atoms with Crippen molar-refractivity contribution in [3.63, 3.8) is 0 Å². The second-order valence-electron chi connectivity index (χ2n) is 6.96. The highest BCUT2D eigenvalue weighted by Crippen LogP contribution is 2.32. The summed E-state index contributed by atoms with van der Waals surface area (Å²) in [6, 6.07) is 12.3. The summed E-state index contributed by atoms with van der Waals surface area (Å²) in [5.41, 5.74) is 0.393. The summed E-state index contributed by atoms with van der Waals surface area (Å²) in [6.45, 7) is 3.63. The maximum atomic E-state index is 12.9. The van der Waals surface area contributed by atoms with Gasteiger partial charge in [0.1, 0.15) is 0 Å². The zero-order valence-corrected chi connectivity index (χ0v) is 16.2. The molecule has 1 aromatic heterocycles. The van der Waals surface area contributed by atoms with E-state index in [0.717, 1.165) is 12.1 Å². The monoisotopic (exact) mass is 416 g/mol. The molecule has 0 saturated heterocycles. The van der Waals surface area contributed by atoms with Crippen molar-refractivity contribution in [2.45, 2.75) is 26.1 Å². The summed E-state index contributed by atoms with van der Waals surface area (Å²) in [7, 11) is 0. The maximum absolute atomic E-state index is 12.9. The molecule has 8 heteroatoms. The molecule has 0 fully saturated rings. The molecule has 5 nitrogen and oxygen atoms in total. The zero-order valence-electron chi connectivity index (χ0n) is 16.2. The van der Waals surface area contributed by atoms with Crippen LogP contribution in [0.5, 0.6) is 0 Å². The van der Waals surface area contributed by atoms with E-state index in [1.165, 1.54) is 28.8 Å². The average molecular weight is 416 g/mol. The van der Waals surface area contributed by atoms with Gasteiger partial charge in [0.15, 0.2) is 5.69 Å². The van der Waals surface area contributed by atoms with Crippen LogP contribution in [0.4, 0.5) is 18.9 Å². The average Bonchev–Trinajstić information content (AvgIpc) is 3.11. The Morgan fingerprint density at radius 1 is 1.00 bits per heavy atom. The number of rotatable bonds is 5. The van der Waals surface area contributed by atoms with Gasteiger partial charge >= 0.3 is 12.1 Å². The minimum Gasteiger partial charge on any atom is -0.477 e. The summed E-state index contributed by atoms with van der Waals surface area (Å²) < 4.78 is 40.0. The third-order valence-corrected chi connectivity index (χ3v) is 4.62. The molecule has 0 radical (unpaired) electrons. The van der Waals surface area contributed by atoms with Crippen LogP contribution in [0.15, 0.2) is 60.8 Å². The predicted octanol–water partition coefficient (Wildman–Crippen LogP) is 5.71. The molecule has 0 atom stereocenters. The SMILES string of the molecule is CC(C)n1ccc(NC(=O)c2ccccc2-c2ccc(C(F)(F)F)cc2)c1C(=O)O. The van der Waals surface area contributed by atoms with Crippen molar-refractivity contribution in [2.24, 2.45) is 0 Å². The summed E-state index contributed by atoms with van der Waals surface area (Å²) in [6.07, 6.45) is -2.88. The normalized spacial score (nSPS) is 11.5. The Balaban J connectivity index is 1.95. The van der Waals surface area contributed by atoms with Crippen molar-refractivity contribution in [1.29, 1.82) is 0 Å². The molecular formula is C22H19F3N2O3. The Bertz CT molecular complexity index is 1080. The predicted molar refractivity (Wildman–Crippen MR) is 107 cm³/mol. The Hall–Kier alpha value is -3.55. The number of aromatic nitrogens is 1. The largest absolute Gasteiger partial charge is 0.477 e. The number of hydrogen-bond acceptors (Lipinski definition) is 2. The second-order valence-corrected chi connectivity index (χ2v) is 6.96. The number of nitrogens with one attached hydrogen (secondary N) is 1. The molecule has 0 spiro atoms. The van der Waals surface area contributed by atoms with Crippen molar-refractivity contribution < 1.29 is 27.9 Å². The van der Waals surface area contributed by atoms with Gasteiger partial charge in [0, 0.05) is 17.8 Å². The fraction of sp³-hybridized carbons (Fsp3) is 0.182. The number of amides is 1. The van der Waals surface area contributed by atoms with Crippen LogP contribution >= 0.6 is 0 Å². The second kappa shape index (κ2) is 8.06. The van der Waals surface area contributed by atoms with Gasteiger partial charge in [-0.05, 0) is 49.2 Å². The van der Waals surface area contributed by atoms with E-state index in [2.05, 4.69) is 5.32 Å². The number of anilines is 1. The van der Waals surface area contributed by atoms with E-state index in [9.17, 15) is 27.9 Å². The number of carboxylic acid groups (broad SMARTS) is 1. The van der Waals surface area contributed by atoms with Gasteiger partial charge in [-0.1, -0.05) is 30.3 Å². The smallest absolute Gasteiger partial charge is 0.416 e. The summed E-state index contributed by atoms with van der Waals surface area (Å²) in [4.78, 5) is 24.6. The third-order valence-electron chi connectivity index (χ3n) is 4.62. The molecule has 2 N–H and O–H groups in total. The number of aromatic carboxylic acids is 1. The van der Waals surface area contributed by atoms with E-state index in [0.29, 0.717) is 11.1 Å². The number of carbonyl (C=O) groups excluding carboxylic acids is 1. The van der Waals surface area contributed by atoms with Crippen LogP contribution in [-0.4, -0.2) is 21.6 Å². The quantitative estimate of drug-likeness (QED) is 0.560. The van der Waals surface area contributed by atoms with Crippen molar-refractivity contribution in [3.05, 3.63) is 77.6 Å². The van der Waals surface area contributed by atoms with Crippen LogP contribution < -0.4 is 5.32 Å². The van der Waals surface area contributed by atoms with Gasteiger partial charge in [-0.15, -0.1) is 0 Å². The highest BCUT2D eigenvalue weighted by molar-refractivity contribution is 6.10. The number of alkyl halides is 3. The lowest BCUT2D eigenvalue weighted by Gasteiger charge is -2.13. The Morgan fingerprint density at radius 2 is 1.63 bits per heavy atom. The van der Waals surface area contributed by atoms with Crippen molar-refractivity contribution in [1.82, 2.24) is 4.57 Å². The molecule has 156 valence electrons. The molecule has 0 aliphatic carbocycles. The van der Waals surface area contributed by atoms with Crippen molar-refractivity contribution in [2.75, 3.05) is 5.32 Å². The number of hydrogen-bond donors (Lipinski definition) is 2. The maximum Gasteiger partial charge on any atom is 0.416 e. The molecule has 2 aromatic carbocycles. The molecule has 0 bridgehead atoms. The lowest BCUT2D eigenvalue weighted by Crippen LogP contribution is -2.17. The molecule has 0 aliphatic heterocycles. The van der Waals surface area contributed by atoms with Gasteiger partial charge in [-0.25, -0.2) is 4.79 Å². The van der Waals surface area contributed by atoms with Crippen LogP contribution in [0, 0.1) is 0 Å². The topological polar surface area (TPSA) is 71.3 Å². The van der Waals surface area contributed by atoms with Crippen molar-refractivity contribution >= 4 is 17.6 Å². The van der Waals surface area contributed by atoms with E-state index >= 15 is 0 Å². The van der Waals surface area contributed by atoms with E-state index in [-0.39, 0.29) is 23.0 Å². The number of carbonyl (C=O) groups is 2. The molecule has 3 rings (SSSR count). The molecule has 1 heterocycles. The van der Waals surface area contributed by atoms with Gasteiger partial charge in [0.05, 0.1) is 11.3 Å². The van der Waals surface area contributed by atoms with E-state index in [1.54, 1.807) is 24.4 Å². The fourth-order valence-electron chi connectivity index (χ4n) is 3.17. The van der Waals surface area contributed by atoms with Gasteiger partial charge in [0.2, 0.25) is 0 Å². The van der Waals surface area contributed by atoms with Crippen LogP contribution in [0.2, 0.25) is 0 Å². The summed E-state index contributed by atoms with van der Waals surface area (Å²) >= 11 is 0. The molecule has 30 heavy (non-hydrogen) atoms. The summed E-state index contributed by atoms with van der Waals surface area (Å²) in [5, 5.41) is 12.1. The molecular weight excluding hydrogens is 397 g/mol. The van der Waals surface area contributed by atoms with Crippen LogP contribution in [-0.2, 0) is 6.18 Å². The minimum absolute atomic E-state index is 0.0506. The van der Waals surface area contributed by atoms with Crippen LogP contribution in [0.3, 0.4) is 0 Å².